The molecule has 2 aromatic heterocycles. The first-order valence-electron chi connectivity index (χ1n) is 7.35. The van der Waals surface area contributed by atoms with Crippen LogP contribution in [-0.2, 0) is 11.0 Å². The van der Waals surface area contributed by atoms with Crippen molar-refractivity contribution in [3.63, 3.8) is 0 Å². The Labute approximate surface area is 146 Å². The highest BCUT2D eigenvalue weighted by Crippen LogP contribution is 2.28. The summed E-state index contributed by atoms with van der Waals surface area (Å²) in [6, 6.07) is 3.89. The van der Waals surface area contributed by atoms with Gasteiger partial charge in [-0.15, -0.1) is 0 Å². The van der Waals surface area contributed by atoms with E-state index in [-0.39, 0.29) is 11.2 Å². The van der Waals surface area contributed by atoms with Crippen molar-refractivity contribution in [3.05, 3.63) is 42.4 Å². The van der Waals surface area contributed by atoms with E-state index >= 15 is 0 Å². The quantitative estimate of drug-likeness (QED) is 0.442. The second-order valence-corrected chi connectivity index (χ2v) is 6.25. The van der Waals surface area contributed by atoms with E-state index in [1.54, 1.807) is 25.4 Å². The van der Waals surface area contributed by atoms with Gasteiger partial charge in [-0.05, 0) is 25.1 Å². The molecule has 0 bridgehead atoms. The minimum Gasteiger partial charge on any atom is -0.368 e. The number of nitrogens with zero attached hydrogens (tertiary/aromatic N) is 3. The number of nitrogens with one attached hydrogen (secondary N) is 2. The van der Waals surface area contributed by atoms with E-state index < -0.39 is 11.7 Å². The van der Waals surface area contributed by atoms with Crippen LogP contribution in [0.4, 0.5) is 19.0 Å². The van der Waals surface area contributed by atoms with Gasteiger partial charge in [0.1, 0.15) is 5.82 Å². The van der Waals surface area contributed by atoms with E-state index in [1.165, 1.54) is 17.8 Å². The molecule has 0 unspecified atom stereocenters. The zero-order chi connectivity index (χ0) is 18.3. The molecule has 0 radical (unpaired) electrons. The molecule has 134 valence electrons. The topological polar surface area (TPSA) is 79.8 Å². The molecule has 10 heteroatoms. The van der Waals surface area contributed by atoms with E-state index in [1.807, 2.05) is 0 Å². The molecule has 1 amide bonds. The van der Waals surface area contributed by atoms with E-state index in [2.05, 4.69) is 25.6 Å². The molecule has 25 heavy (non-hydrogen) atoms. The Morgan fingerprint density at radius 2 is 1.92 bits per heavy atom. The first-order chi connectivity index (χ1) is 11.9. The van der Waals surface area contributed by atoms with Crippen molar-refractivity contribution in [2.45, 2.75) is 23.5 Å². The summed E-state index contributed by atoms with van der Waals surface area (Å²) >= 11 is 1.24. The van der Waals surface area contributed by atoms with Crippen LogP contribution in [0.25, 0.3) is 0 Å². The molecule has 1 atom stereocenters. The molecule has 0 aromatic carbocycles. The number of hydrogen-bond donors (Lipinski definition) is 2. The highest BCUT2D eigenvalue weighted by atomic mass is 32.2. The predicted molar refractivity (Wildman–Crippen MR) is 88.1 cm³/mol. The first kappa shape index (κ1) is 19.0. The third-order valence-electron chi connectivity index (χ3n) is 3.01. The lowest BCUT2D eigenvalue weighted by Crippen LogP contribution is -2.34. The lowest BCUT2D eigenvalue weighted by molar-refractivity contribution is -0.137. The van der Waals surface area contributed by atoms with Gasteiger partial charge in [0.05, 0.1) is 10.8 Å². The molecule has 2 N–H and O–H groups in total. The lowest BCUT2D eigenvalue weighted by Gasteiger charge is -2.12. The van der Waals surface area contributed by atoms with Crippen molar-refractivity contribution < 1.29 is 18.0 Å². The van der Waals surface area contributed by atoms with Crippen LogP contribution in [-0.4, -0.2) is 39.2 Å². The minimum absolute atomic E-state index is 0.181. The number of carbonyl (C=O) groups is 1. The number of thioether (sulfide) groups is 1. The van der Waals surface area contributed by atoms with Gasteiger partial charge in [-0.1, -0.05) is 11.8 Å². The summed E-state index contributed by atoms with van der Waals surface area (Å²) in [5.41, 5.74) is -0.805. The number of hydrogen-bond acceptors (Lipinski definition) is 6. The minimum atomic E-state index is -4.41. The fraction of sp³-hybridized carbons (Fsp3) is 0.333. The maximum absolute atomic E-state index is 12.4. The Balaban J connectivity index is 1.70. The van der Waals surface area contributed by atoms with Crippen molar-refractivity contribution in [1.29, 1.82) is 0 Å². The van der Waals surface area contributed by atoms with Gasteiger partial charge >= 0.3 is 6.18 Å². The molecule has 2 rings (SSSR count). The highest BCUT2D eigenvalue weighted by Gasteiger charge is 2.30. The van der Waals surface area contributed by atoms with E-state index in [0.29, 0.717) is 24.1 Å². The van der Waals surface area contributed by atoms with Crippen LogP contribution >= 0.6 is 11.8 Å². The fourth-order valence-electron chi connectivity index (χ4n) is 1.74. The SMILES string of the molecule is C[C@@H](Sc1ncccn1)C(=O)NCCNc1ccc(C(F)(F)F)cn1. The van der Waals surface area contributed by atoms with Gasteiger partial charge in [0.2, 0.25) is 5.91 Å². The van der Waals surface area contributed by atoms with Crippen LogP contribution in [0.2, 0.25) is 0 Å². The number of rotatable bonds is 7. The molecule has 2 heterocycles. The summed E-state index contributed by atoms with van der Waals surface area (Å²) in [6.07, 6.45) is -0.447. The second kappa shape index (κ2) is 8.65. The molecule has 0 aliphatic carbocycles. The summed E-state index contributed by atoms with van der Waals surface area (Å²) in [4.78, 5) is 23.7. The molecule has 0 fully saturated rings. The smallest absolute Gasteiger partial charge is 0.368 e. The summed E-state index contributed by atoms with van der Waals surface area (Å²) in [5.74, 6) is 0.127. The third-order valence-corrected chi connectivity index (χ3v) is 4.00. The lowest BCUT2D eigenvalue weighted by atomic mass is 10.3. The number of halogens is 3. The van der Waals surface area contributed by atoms with Gasteiger partial charge in [0.15, 0.2) is 5.16 Å². The molecule has 0 spiro atoms. The van der Waals surface area contributed by atoms with Crippen molar-refractivity contribution >= 4 is 23.5 Å². The van der Waals surface area contributed by atoms with Crippen molar-refractivity contribution in [2.75, 3.05) is 18.4 Å². The van der Waals surface area contributed by atoms with E-state index in [4.69, 9.17) is 0 Å². The van der Waals surface area contributed by atoms with Gasteiger partial charge in [0.25, 0.3) is 0 Å². The van der Waals surface area contributed by atoms with Crippen LogP contribution in [0.1, 0.15) is 12.5 Å². The van der Waals surface area contributed by atoms with Gasteiger partial charge in [-0.2, -0.15) is 13.2 Å². The Morgan fingerprint density at radius 1 is 1.20 bits per heavy atom. The highest BCUT2D eigenvalue weighted by molar-refractivity contribution is 8.00. The van der Waals surface area contributed by atoms with Crippen LogP contribution in [0.5, 0.6) is 0 Å². The molecule has 6 nitrogen and oxygen atoms in total. The average Bonchev–Trinajstić information content (AvgIpc) is 2.59. The molecule has 0 saturated heterocycles. The fourth-order valence-corrected chi connectivity index (χ4v) is 2.49. The number of carbonyl (C=O) groups excluding carboxylic acids is 1. The molecular weight excluding hydrogens is 355 g/mol. The summed E-state index contributed by atoms with van der Waals surface area (Å²) in [6.45, 7) is 2.38. The summed E-state index contributed by atoms with van der Waals surface area (Å²) < 4.78 is 37.3. The van der Waals surface area contributed by atoms with Gasteiger partial charge < -0.3 is 10.6 Å². The monoisotopic (exact) mass is 371 g/mol. The zero-order valence-electron chi connectivity index (χ0n) is 13.2. The van der Waals surface area contributed by atoms with Crippen LogP contribution < -0.4 is 10.6 Å². The standard InChI is InChI=1S/C15H16F3N5OS/c1-10(25-14-21-5-2-6-22-14)13(24)20-8-7-19-12-4-3-11(9-23-12)15(16,17)18/h2-6,9-10H,7-8H2,1H3,(H,19,23)(H,20,24)/t10-/m1/s1. The van der Waals surface area contributed by atoms with Crippen LogP contribution in [0.3, 0.4) is 0 Å². The number of pyridine rings is 1. The molecular formula is C15H16F3N5OS. The Morgan fingerprint density at radius 3 is 2.52 bits per heavy atom. The maximum atomic E-state index is 12.4. The largest absolute Gasteiger partial charge is 0.417 e. The van der Waals surface area contributed by atoms with E-state index in [0.717, 1.165) is 12.3 Å². The molecule has 0 aliphatic rings. The number of aromatic nitrogens is 3. The number of anilines is 1. The van der Waals surface area contributed by atoms with Crippen LogP contribution in [0.15, 0.2) is 41.9 Å². The van der Waals surface area contributed by atoms with Crippen molar-refractivity contribution in [3.8, 4) is 0 Å². The second-order valence-electron chi connectivity index (χ2n) is 4.94. The predicted octanol–water partition coefficient (Wildman–Crippen LogP) is 2.60. The third kappa shape index (κ3) is 6.22. The molecule has 0 saturated carbocycles. The summed E-state index contributed by atoms with van der Waals surface area (Å²) in [7, 11) is 0. The number of alkyl halides is 3. The Hall–Kier alpha value is -2.36. The van der Waals surface area contributed by atoms with Crippen molar-refractivity contribution in [1.82, 2.24) is 20.3 Å². The summed E-state index contributed by atoms with van der Waals surface area (Å²) in [5, 5.41) is 5.71. The van der Waals surface area contributed by atoms with Crippen molar-refractivity contribution in [2.24, 2.45) is 0 Å². The Bertz CT molecular complexity index is 682. The average molecular weight is 371 g/mol. The normalized spacial score (nSPS) is 12.5. The van der Waals surface area contributed by atoms with E-state index in [9.17, 15) is 18.0 Å². The van der Waals surface area contributed by atoms with Gasteiger partial charge in [0, 0.05) is 31.7 Å². The molecule has 2 aromatic rings. The molecule has 0 aliphatic heterocycles. The zero-order valence-corrected chi connectivity index (χ0v) is 14.1. The van der Waals surface area contributed by atoms with Gasteiger partial charge in [-0.25, -0.2) is 15.0 Å². The number of amides is 1. The van der Waals surface area contributed by atoms with Gasteiger partial charge in [-0.3, -0.25) is 4.79 Å². The maximum Gasteiger partial charge on any atom is 0.417 e. The van der Waals surface area contributed by atoms with Crippen LogP contribution in [0, 0.1) is 0 Å². The first-order valence-corrected chi connectivity index (χ1v) is 8.23. The Kier molecular flexibility index (Phi) is 6.57.